The van der Waals surface area contributed by atoms with Crippen molar-refractivity contribution in [3.05, 3.63) is 16.1 Å². The molecule has 1 rings (SSSR count). The molecule has 1 N–H and O–H groups in total. The number of hydrogen-bond donors (Lipinski definition) is 1. The van der Waals surface area contributed by atoms with Crippen LogP contribution in [0.4, 0.5) is 0 Å². The Balaban J connectivity index is 2.50. The Morgan fingerprint density at radius 3 is 2.92 bits per heavy atom. The minimum absolute atomic E-state index is 0.241. The van der Waals surface area contributed by atoms with E-state index in [2.05, 4.69) is 4.98 Å². The number of aromatic nitrogens is 1. The van der Waals surface area contributed by atoms with E-state index in [1.807, 2.05) is 12.3 Å². The number of carboxylic acid groups (broad SMARTS) is 1. The molecule has 0 amide bonds. The van der Waals surface area contributed by atoms with Gasteiger partial charge >= 0.3 is 5.97 Å². The van der Waals surface area contributed by atoms with E-state index < -0.39 is 16.8 Å². The molecule has 0 saturated heterocycles. The van der Waals surface area contributed by atoms with Crippen LogP contribution >= 0.6 is 11.3 Å². The maximum atomic E-state index is 11.1. The Labute approximate surface area is 82.1 Å². The molecule has 1 aromatic heterocycles. The molecule has 6 heteroatoms. The number of thiazole rings is 1. The van der Waals surface area contributed by atoms with Gasteiger partial charge in [0.15, 0.2) is 0 Å². The first-order chi connectivity index (χ1) is 6.08. The molecule has 0 aliphatic carbocycles. The molecule has 4 nitrogen and oxygen atoms in total. The Kier molecular flexibility index (Phi) is 3.56. The fourth-order valence-electron chi connectivity index (χ4n) is 0.795. The average molecular weight is 219 g/mol. The molecule has 0 aromatic carbocycles. The van der Waals surface area contributed by atoms with E-state index in [0.29, 0.717) is 0 Å². The highest BCUT2D eigenvalue weighted by atomic mass is 32.2. The zero-order chi connectivity index (χ0) is 9.84. The van der Waals surface area contributed by atoms with Gasteiger partial charge in [-0.15, -0.1) is 11.3 Å². The number of carbonyl (C=O) groups is 1. The summed E-state index contributed by atoms with van der Waals surface area (Å²) in [5, 5.41) is 10.9. The van der Waals surface area contributed by atoms with E-state index in [1.54, 1.807) is 0 Å². The fraction of sp³-hybridized carbons (Fsp3) is 0.429. The molecule has 0 bridgehead atoms. The van der Waals surface area contributed by atoms with Gasteiger partial charge in [0.1, 0.15) is 10.8 Å². The maximum absolute atomic E-state index is 11.1. The second-order valence-corrected chi connectivity index (χ2v) is 4.90. The molecule has 1 atom stereocenters. The molecule has 72 valence electrons. The highest BCUT2D eigenvalue weighted by Crippen LogP contribution is 2.10. The van der Waals surface area contributed by atoms with Gasteiger partial charge in [-0.25, -0.2) is 4.98 Å². The van der Waals surface area contributed by atoms with Gasteiger partial charge in [-0.3, -0.25) is 9.00 Å². The molecule has 0 spiro atoms. The predicted molar refractivity (Wildman–Crippen MR) is 51.2 cm³/mol. The standard InChI is InChI=1S/C7H9NO3S2/c1-5-2-12-6(8-5)3-13(11)4-7(9)10/h2H,3-4H2,1H3,(H,9,10). The molecular formula is C7H9NO3S2. The van der Waals surface area contributed by atoms with E-state index in [0.717, 1.165) is 10.7 Å². The topological polar surface area (TPSA) is 67.3 Å². The van der Waals surface area contributed by atoms with Crippen molar-refractivity contribution in [3.8, 4) is 0 Å². The van der Waals surface area contributed by atoms with Crippen molar-refractivity contribution in [1.82, 2.24) is 4.98 Å². The van der Waals surface area contributed by atoms with Gasteiger partial charge in [-0.05, 0) is 6.92 Å². The van der Waals surface area contributed by atoms with Gasteiger partial charge < -0.3 is 5.11 Å². The van der Waals surface area contributed by atoms with Crippen LogP contribution in [0, 0.1) is 6.92 Å². The van der Waals surface area contributed by atoms with E-state index in [4.69, 9.17) is 5.11 Å². The van der Waals surface area contributed by atoms with Crippen LogP contribution in [-0.4, -0.2) is 26.0 Å². The van der Waals surface area contributed by atoms with Crippen molar-refractivity contribution in [2.75, 3.05) is 5.75 Å². The minimum Gasteiger partial charge on any atom is -0.481 e. The summed E-state index contributed by atoms with van der Waals surface area (Å²) >= 11 is 1.41. The summed E-state index contributed by atoms with van der Waals surface area (Å²) in [5.74, 6) is -1.10. The van der Waals surface area contributed by atoms with Gasteiger partial charge in [0, 0.05) is 21.9 Å². The van der Waals surface area contributed by atoms with Crippen LogP contribution in [0.3, 0.4) is 0 Å². The summed E-state index contributed by atoms with van der Waals surface area (Å²) in [6, 6.07) is 0. The second kappa shape index (κ2) is 4.48. The summed E-state index contributed by atoms with van der Waals surface area (Å²) < 4.78 is 11.1. The van der Waals surface area contributed by atoms with Gasteiger partial charge in [0.2, 0.25) is 0 Å². The molecule has 0 aliphatic rings. The quantitative estimate of drug-likeness (QED) is 0.812. The zero-order valence-electron chi connectivity index (χ0n) is 7.02. The number of hydrogen-bond acceptors (Lipinski definition) is 4. The van der Waals surface area contributed by atoms with Crippen molar-refractivity contribution < 1.29 is 14.1 Å². The van der Waals surface area contributed by atoms with Crippen molar-refractivity contribution in [3.63, 3.8) is 0 Å². The van der Waals surface area contributed by atoms with Crippen molar-refractivity contribution >= 4 is 28.1 Å². The third-order valence-electron chi connectivity index (χ3n) is 1.24. The molecule has 1 aromatic rings. The highest BCUT2D eigenvalue weighted by Gasteiger charge is 2.08. The van der Waals surface area contributed by atoms with Crippen LogP contribution in [0.5, 0.6) is 0 Å². The Hall–Kier alpha value is -0.750. The smallest absolute Gasteiger partial charge is 0.316 e. The van der Waals surface area contributed by atoms with Crippen LogP contribution in [0.15, 0.2) is 5.38 Å². The number of carboxylic acids is 1. The number of nitrogens with zero attached hydrogens (tertiary/aromatic N) is 1. The van der Waals surface area contributed by atoms with Crippen molar-refractivity contribution in [1.29, 1.82) is 0 Å². The molecule has 0 fully saturated rings. The molecular weight excluding hydrogens is 210 g/mol. The Morgan fingerprint density at radius 2 is 2.46 bits per heavy atom. The average Bonchev–Trinajstić information content (AvgIpc) is 2.33. The molecule has 1 unspecified atom stereocenters. The lowest BCUT2D eigenvalue weighted by molar-refractivity contribution is -0.133. The predicted octanol–water partition coefficient (Wildman–Crippen LogP) is 0.785. The lowest BCUT2D eigenvalue weighted by atomic mass is 10.6. The number of rotatable bonds is 4. The van der Waals surface area contributed by atoms with E-state index in [1.165, 1.54) is 11.3 Å². The second-order valence-electron chi connectivity index (χ2n) is 2.50. The van der Waals surface area contributed by atoms with Gasteiger partial charge in [-0.1, -0.05) is 0 Å². The molecule has 1 heterocycles. The first-order valence-electron chi connectivity index (χ1n) is 3.55. The number of aryl methyl sites for hydroxylation is 1. The lowest BCUT2D eigenvalue weighted by Gasteiger charge is -1.93. The van der Waals surface area contributed by atoms with E-state index in [9.17, 15) is 9.00 Å². The third-order valence-corrected chi connectivity index (χ3v) is 3.55. The van der Waals surface area contributed by atoms with Gasteiger partial charge in [0.25, 0.3) is 0 Å². The van der Waals surface area contributed by atoms with Crippen LogP contribution in [-0.2, 0) is 21.3 Å². The van der Waals surface area contributed by atoms with E-state index in [-0.39, 0.29) is 11.5 Å². The van der Waals surface area contributed by atoms with Crippen molar-refractivity contribution in [2.45, 2.75) is 12.7 Å². The summed E-state index contributed by atoms with van der Waals surface area (Å²) in [5.41, 5.74) is 0.882. The normalized spacial score (nSPS) is 12.7. The summed E-state index contributed by atoms with van der Waals surface area (Å²) in [6.07, 6.45) is 0. The Bertz CT molecular complexity index is 334. The zero-order valence-corrected chi connectivity index (χ0v) is 8.65. The largest absolute Gasteiger partial charge is 0.481 e. The van der Waals surface area contributed by atoms with Crippen LogP contribution in [0.25, 0.3) is 0 Å². The first-order valence-corrected chi connectivity index (χ1v) is 5.92. The SMILES string of the molecule is Cc1csc(CS(=O)CC(=O)O)n1. The first kappa shape index (κ1) is 10.3. The number of aliphatic carboxylic acids is 1. The van der Waals surface area contributed by atoms with Crippen LogP contribution in [0.1, 0.15) is 10.7 Å². The lowest BCUT2D eigenvalue weighted by Crippen LogP contribution is -2.10. The summed E-state index contributed by atoms with van der Waals surface area (Å²) in [6.45, 7) is 1.85. The monoisotopic (exact) mass is 219 g/mol. The third kappa shape index (κ3) is 3.65. The summed E-state index contributed by atoms with van der Waals surface area (Å²) in [7, 11) is -1.34. The minimum atomic E-state index is -1.34. The van der Waals surface area contributed by atoms with Crippen molar-refractivity contribution in [2.24, 2.45) is 0 Å². The van der Waals surface area contributed by atoms with Gasteiger partial charge in [-0.2, -0.15) is 0 Å². The Morgan fingerprint density at radius 1 is 1.77 bits per heavy atom. The van der Waals surface area contributed by atoms with Crippen LogP contribution < -0.4 is 0 Å². The van der Waals surface area contributed by atoms with Gasteiger partial charge in [0.05, 0.1) is 5.75 Å². The van der Waals surface area contributed by atoms with E-state index >= 15 is 0 Å². The fourth-order valence-corrected chi connectivity index (χ4v) is 2.74. The highest BCUT2D eigenvalue weighted by molar-refractivity contribution is 7.85. The van der Waals surface area contributed by atoms with Crippen LogP contribution in [0.2, 0.25) is 0 Å². The maximum Gasteiger partial charge on any atom is 0.316 e. The summed E-state index contributed by atoms with van der Waals surface area (Å²) in [4.78, 5) is 14.3. The molecule has 13 heavy (non-hydrogen) atoms. The molecule has 0 saturated carbocycles. The molecule has 0 radical (unpaired) electrons. The molecule has 0 aliphatic heterocycles.